The first-order valence-electron chi connectivity index (χ1n) is 18.2. The molecule has 0 saturated heterocycles. The first-order chi connectivity index (χ1) is 26.1. The molecule has 0 radical (unpaired) electrons. The van der Waals surface area contributed by atoms with E-state index in [1.165, 1.54) is 5.56 Å². The molecule has 54 heavy (non-hydrogen) atoms. The van der Waals surface area contributed by atoms with Crippen LogP contribution >= 0.6 is 11.6 Å². The molecule has 2 aromatic carbocycles. The van der Waals surface area contributed by atoms with Gasteiger partial charge in [-0.15, -0.1) is 0 Å². The molecule has 12 nitrogen and oxygen atoms in total. The largest absolute Gasteiger partial charge is 0.481 e. The van der Waals surface area contributed by atoms with Crippen molar-refractivity contribution >= 4 is 41.0 Å². The summed E-state index contributed by atoms with van der Waals surface area (Å²) in [6.07, 6.45) is 8.37. The van der Waals surface area contributed by atoms with Crippen LogP contribution in [0.4, 0.5) is 5.69 Å². The number of ether oxygens (including phenoxy) is 3. The third-order valence-corrected chi connectivity index (χ3v) is 9.60. The average Bonchev–Trinajstić information content (AvgIpc) is 3.17. The molecule has 13 heteroatoms. The minimum Gasteiger partial charge on any atom is -0.481 e. The number of anilines is 1. The molecular weight excluding hydrogens is 712 g/mol. The zero-order valence-electron chi connectivity index (χ0n) is 30.6. The van der Waals surface area contributed by atoms with E-state index in [1.807, 2.05) is 25.1 Å². The number of allylic oxidation sites excluding steroid dienone is 1. The minimum absolute atomic E-state index is 0.0479. The fourth-order valence-electron chi connectivity index (χ4n) is 6.36. The number of rotatable bonds is 18. The second kappa shape index (κ2) is 20.0. The predicted octanol–water partition coefficient (Wildman–Crippen LogP) is 6.02. The maximum Gasteiger partial charge on any atom is 0.305 e. The number of aromatic nitrogens is 1. The van der Waals surface area contributed by atoms with Crippen LogP contribution in [0.1, 0.15) is 60.1 Å². The number of likely N-dealkylation sites (N-methyl/N-ethyl adjacent to an activating group) is 1. The van der Waals surface area contributed by atoms with Gasteiger partial charge in [0.2, 0.25) is 0 Å². The summed E-state index contributed by atoms with van der Waals surface area (Å²) in [5, 5.41) is 15.2. The molecule has 0 fully saturated rings. The van der Waals surface area contributed by atoms with E-state index in [9.17, 15) is 19.2 Å². The molecule has 2 aliphatic carbocycles. The average molecular weight is 759 g/mol. The summed E-state index contributed by atoms with van der Waals surface area (Å²) < 4.78 is 16.2. The lowest BCUT2D eigenvalue weighted by atomic mass is 9.87. The lowest BCUT2D eigenvalue weighted by molar-refractivity contribution is -0.138. The van der Waals surface area contributed by atoms with Crippen LogP contribution in [0.15, 0.2) is 84.1 Å². The van der Waals surface area contributed by atoms with E-state index in [-0.39, 0.29) is 42.7 Å². The predicted molar refractivity (Wildman–Crippen MR) is 205 cm³/mol. The number of aliphatic carboxylic acids is 1. The number of nitrogens with zero attached hydrogens (tertiary/aromatic N) is 2. The summed E-state index contributed by atoms with van der Waals surface area (Å²) in [4.78, 5) is 57.1. The Morgan fingerprint density at radius 3 is 2.46 bits per heavy atom. The van der Waals surface area contributed by atoms with E-state index in [4.69, 9.17) is 30.9 Å². The Morgan fingerprint density at radius 1 is 0.944 bits per heavy atom. The standard InChI is InChI=1S/C41H47ClN4O8/c1-27-10-11-30(41(51)46(2)17-19-53-21-23-54-22-20-52-18-15-38(47)48)24-33(27)40(50)45-36-13-12-31(42)26-34(36)37-25-29(14-16-43-37)39(49)44-35-9-5-7-28-6-3-4-8-32(28)35/h3-4,6,8,11-14,16,24-27,35H,5,7,9-10,15,17-23H2,1-2H3,(H,44,49)(H,45,50)(H,47,48)/t27?,35-/m0/s1. The zero-order valence-corrected chi connectivity index (χ0v) is 31.4. The van der Waals surface area contributed by atoms with Crippen molar-refractivity contribution in [2.45, 2.75) is 45.1 Å². The second-order valence-corrected chi connectivity index (χ2v) is 13.7. The molecule has 286 valence electrons. The SMILES string of the molecule is CC1CC=C(C(=O)N(C)CCOCCOCCOCCC(=O)O)C=C1C(=O)Nc1ccc(Cl)cc1-c1cc(C(=O)N[C@H]2CCCc3ccccc32)ccn1. The molecule has 1 unspecified atom stereocenters. The van der Waals surface area contributed by atoms with Crippen molar-refractivity contribution in [1.82, 2.24) is 15.2 Å². The van der Waals surface area contributed by atoms with Crippen molar-refractivity contribution < 1.29 is 38.5 Å². The third-order valence-electron chi connectivity index (χ3n) is 9.37. The Hall–Kier alpha value is -4.88. The normalized spacial score (nSPS) is 16.4. The molecule has 0 saturated carbocycles. The first kappa shape index (κ1) is 40.3. The number of carbonyl (C=O) groups is 4. The van der Waals surface area contributed by atoms with Crippen LogP contribution in [0.5, 0.6) is 0 Å². The Bertz CT molecular complexity index is 1880. The van der Waals surface area contributed by atoms with Gasteiger partial charge in [0.05, 0.1) is 63.5 Å². The Morgan fingerprint density at radius 2 is 1.69 bits per heavy atom. The molecule has 5 rings (SSSR count). The number of hydrogen-bond acceptors (Lipinski definition) is 8. The lowest BCUT2D eigenvalue weighted by Crippen LogP contribution is -2.32. The quantitative estimate of drug-likeness (QED) is 0.132. The topological polar surface area (TPSA) is 156 Å². The highest BCUT2D eigenvalue weighted by atomic mass is 35.5. The van der Waals surface area contributed by atoms with E-state index >= 15 is 0 Å². The van der Waals surface area contributed by atoms with Gasteiger partial charge in [-0.05, 0) is 79.1 Å². The van der Waals surface area contributed by atoms with Gasteiger partial charge in [0.15, 0.2) is 0 Å². The molecule has 3 aromatic rings. The van der Waals surface area contributed by atoms with E-state index < -0.39 is 5.97 Å². The van der Waals surface area contributed by atoms with Crippen LogP contribution in [0.25, 0.3) is 11.3 Å². The number of benzene rings is 2. The molecule has 3 amide bonds. The Balaban J connectivity index is 1.16. The van der Waals surface area contributed by atoms with E-state index in [0.29, 0.717) is 84.7 Å². The number of aryl methyl sites for hydroxylation is 1. The number of fused-ring (bicyclic) bond motifs is 1. The highest BCUT2D eigenvalue weighted by Gasteiger charge is 2.26. The molecule has 0 bridgehead atoms. The lowest BCUT2D eigenvalue weighted by Gasteiger charge is -2.26. The number of amides is 3. The van der Waals surface area contributed by atoms with Gasteiger partial charge in [-0.1, -0.05) is 48.9 Å². The molecule has 2 atom stereocenters. The third kappa shape index (κ3) is 11.3. The molecule has 1 heterocycles. The fraction of sp³-hybridized carbons (Fsp3) is 0.390. The number of carbonyl (C=O) groups excluding carboxylic acids is 3. The maximum absolute atomic E-state index is 13.8. The summed E-state index contributed by atoms with van der Waals surface area (Å²) in [6.45, 7) is 4.01. The molecular formula is C41H47ClN4O8. The number of carboxylic acid groups (broad SMARTS) is 1. The number of pyridine rings is 1. The number of nitrogens with one attached hydrogen (secondary N) is 2. The van der Waals surface area contributed by atoms with Crippen molar-refractivity contribution in [3.63, 3.8) is 0 Å². The van der Waals surface area contributed by atoms with Gasteiger partial charge >= 0.3 is 5.97 Å². The first-order valence-corrected chi connectivity index (χ1v) is 18.6. The van der Waals surface area contributed by atoms with Gasteiger partial charge < -0.3 is 34.9 Å². The van der Waals surface area contributed by atoms with Crippen LogP contribution in [-0.2, 0) is 35.0 Å². The molecule has 3 N–H and O–H groups in total. The number of halogens is 1. The van der Waals surface area contributed by atoms with Crippen molar-refractivity contribution in [1.29, 1.82) is 0 Å². The minimum atomic E-state index is -0.908. The van der Waals surface area contributed by atoms with Crippen LogP contribution < -0.4 is 10.6 Å². The van der Waals surface area contributed by atoms with Gasteiger partial charge in [-0.2, -0.15) is 0 Å². The molecule has 0 spiro atoms. The maximum atomic E-state index is 13.8. The van der Waals surface area contributed by atoms with Crippen LogP contribution in [0.2, 0.25) is 5.02 Å². The van der Waals surface area contributed by atoms with Crippen LogP contribution in [0, 0.1) is 5.92 Å². The highest BCUT2D eigenvalue weighted by Crippen LogP contribution is 2.33. The van der Waals surface area contributed by atoms with E-state index in [2.05, 4.69) is 27.8 Å². The van der Waals surface area contributed by atoms with Crippen molar-refractivity contribution in [2.75, 3.05) is 58.6 Å². The zero-order chi connectivity index (χ0) is 38.5. The van der Waals surface area contributed by atoms with Gasteiger partial charge in [0, 0.05) is 47.1 Å². The smallest absolute Gasteiger partial charge is 0.305 e. The fourth-order valence-corrected chi connectivity index (χ4v) is 6.53. The van der Waals surface area contributed by atoms with Crippen molar-refractivity contribution in [3.8, 4) is 11.3 Å². The summed E-state index contributed by atoms with van der Waals surface area (Å²) in [7, 11) is 1.68. The summed E-state index contributed by atoms with van der Waals surface area (Å²) in [5.74, 6) is -1.84. The number of carboxylic acids is 1. The van der Waals surface area contributed by atoms with Crippen LogP contribution in [0.3, 0.4) is 0 Å². The highest BCUT2D eigenvalue weighted by molar-refractivity contribution is 6.31. The van der Waals surface area contributed by atoms with Gasteiger partial charge in [0.1, 0.15) is 0 Å². The van der Waals surface area contributed by atoms with Crippen molar-refractivity contribution in [2.24, 2.45) is 5.92 Å². The summed E-state index contributed by atoms with van der Waals surface area (Å²) in [6, 6.07) is 16.6. The number of hydrogen-bond donors (Lipinski definition) is 3. The Kier molecular flexibility index (Phi) is 14.9. The summed E-state index contributed by atoms with van der Waals surface area (Å²) in [5.41, 5.74) is 5.22. The van der Waals surface area contributed by atoms with E-state index in [0.717, 1.165) is 24.8 Å². The molecule has 2 aliphatic rings. The van der Waals surface area contributed by atoms with Gasteiger partial charge in [-0.3, -0.25) is 24.2 Å². The van der Waals surface area contributed by atoms with Gasteiger partial charge in [0.25, 0.3) is 17.7 Å². The Labute approximate surface area is 320 Å². The monoisotopic (exact) mass is 758 g/mol. The molecule has 0 aliphatic heterocycles. The summed E-state index contributed by atoms with van der Waals surface area (Å²) >= 11 is 6.42. The second-order valence-electron chi connectivity index (χ2n) is 13.3. The van der Waals surface area contributed by atoms with Crippen LogP contribution in [-0.4, -0.2) is 91.9 Å². The van der Waals surface area contributed by atoms with Crippen molar-refractivity contribution in [3.05, 3.63) is 106 Å². The van der Waals surface area contributed by atoms with Gasteiger partial charge in [-0.25, -0.2) is 0 Å². The van der Waals surface area contributed by atoms with E-state index in [1.54, 1.807) is 54.6 Å². The molecule has 1 aromatic heterocycles.